The first-order valence-corrected chi connectivity index (χ1v) is 6.54. The number of hydrogen-bond acceptors (Lipinski definition) is 3. The Morgan fingerprint density at radius 2 is 2.00 bits per heavy atom. The molecule has 5 nitrogen and oxygen atoms in total. The summed E-state index contributed by atoms with van der Waals surface area (Å²) in [7, 11) is 0. The van der Waals surface area contributed by atoms with E-state index in [-0.39, 0.29) is 11.3 Å². The van der Waals surface area contributed by atoms with E-state index in [1.54, 1.807) is 11.8 Å². The number of likely N-dealkylation sites (tertiary alicyclic amines) is 1. The second kappa shape index (κ2) is 4.53. The largest absolute Gasteiger partial charge is 0.481 e. The summed E-state index contributed by atoms with van der Waals surface area (Å²) in [6.45, 7) is 5.59. The summed E-state index contributed by atoms with van der Waals surface area (Å²) in [5, 5.41) is 9.17. The Hall–Kier alpha value is -1.10. The van der Waals surface area contributed by atoms with E-state index in [0.717, 1.165) is 12.8 Å². The predicted molar refractivity (Wildman–Crippen MR) is 65.1 cm³/mol. The van der Waals surface area contributed by atoms with Gasteiger partial charge < -0.3 is 14.7 Å². The Labute approximate surface area is 107 Å². The lowest BCUT2D eigenvalue weighted by atomic mass is 9.90. The number of carbonyl (C=O) groups excluding carboxylic acids is 1. The highest BCUT2D eigenvalue weighted by Crippen LogP contribution is 2.48. The molecule has 1 saturated heterocycles. The van der Waals surface area contributed by atoms with Crippen LogP contribution < -0.4 is 0 Å². The fraction of sp³-hybridized carbons (Fsp3) is 0.846. The summed E-state index contributed by atoms with van der Waals surface area (Å²) < 4.78 is 5.38. The van der Waals surface area contributed by atoms with Crippen LogP contribution in [0.4, 0.5) is 0 Å². The Balaban J connectivity index is 1.98. The molecule has 1 amide bonds. The number of carbonyl (C=O) groups is 2. The molecule has 18 heavy (non-hydrogen) atoms. The van der Waals surface area contributed by atoms with Crippen molar-refractivity contribution in [2.45, 2.75) is 33.1 Å². The maximum Gasteiger partial charge on any atom is 0.311 e. The van der Waals surface area contributed by atoms with Crippen molar-refractivity contribution in [1.29, 1.82) is 0 Å². The average molecular weight is 255 g/mol. The van der Waals surface area contributed by atoms with E-state index in [1.165, 1.54) is 0 Å². The highest BCUT2D eigenvalue weighted by molar-refractivity contribution is 5.87. The molecule has 0 aromatic rings. The van der Waals surface area contributed by atoms with Gasteiger partial charge in [0.05, 0.1) is 17.4 Å². The van der Waals surface area contributed by atoms with Crippen LogP contribution in [0.3, 0.4) is 0 Å². The van der Waals surface area contributed by atoms with Crippen LogP contribution in [0.2, 0.25) is 0 Å². The topological polar surface area (TPSA) is 66.8 Å². The van der Waals surface area contributed by atoms with Crippen molar-refractivity contribution in [3.63, 3.8) is 0 Å². The molecule has 5 heteroatoms. The van der Waals surface area contributed by atoms with Crippen LogP contribution in [0, 0.1) is 10.8 Å². The van der Waals surface area contributed by atoms with E-state index in [0.29, 0.717) is 32.7 Å². The van der Waals surface area contributed by atoms with Crippen LogP contribution in [0.15, 0.2) is 0 Å². The van der Waals surface area contributed by atoms with E-state index < -0.39 is 11.4 Å². The first kappa shape index (κ1) is 13.3. The fourth-order valence-electron chi connectivity index (χ4n) is 2.51. The van der Waals surface area contributed by atoms with Gasteiger partial charge in [-0.1, -0.05) is 0 Å². The molecular formula is C13H21NO4. The molecule has 1 atom stereocenters. The minimum absolute atomic E-state index is 0.0842. The summed E-state index contributed by atoms with van der Waals surface area (Å²) in [4.78, 5) is 25.3. The van der Waals surface area contributed by atoms with Crippen LogP contribution in [0.5, 0.6) is 0 Å². The van der Waals surface area contributed by atoms with Gasteiger partial charge in [-0.15, -0.1) is 0 Å². The molecule has 2 rings (SSSR count). The van der Waals surface area contributed by atoms with Crippen molar-refractivity contribution in [1.82, 2.24) is 4.90 Å². The normalized spacial score (nSPS) is 29.3. The van der Waals surface area contributed by atoms with Crippen LogP contribution >= 0.6 is 0 Å². The molecule has 0 aromatic heterocycles. The van der Waals surface area contributed by atoms with Crippen molar-refractivity contribution < 1.29 is 19.4 Å². The molecule has 1 unspecified atom stereocenters. The minimum Gasteiger partial charge on any atom is -0.481 e. The number of ether oxygens (including phenoxy) is 1. The lowest BCUT2D eigenvalue weighted by Gasteiger charge is -2.24. The van der Waals surface area contributed by atoms with Gasteiger partial charge in [-0.2, -0.15) is 0 Å². The summed E-state index contributed by atoms with van der Waals surface area (Å²) in [5.74, 6) is -0.728. The third kappa shape index (κ3) is 2.23. The minimum atomic E-state index is -0.813. The molecule has 1 aliphatic heterocycles. The summed E-state index contributed by atoms with van der Waals surface area (Å²) in [6.07, 6.45) is 2.27. The lowest BCUT2D eigenvalue weighted by Crippen LogP contribution is -2.40. The number of carboxylic acids is 1. The number of aliphatic carboxylic acids is 1. The van der Waals surface area contributed by atoms with Gasteiger partial charge in [0.15, 0.2) is 0 Å². The molecule has 1 heterocycles. The van der Waals surface area contributed by atoms with E-state index in [4.69, 9.17) is 9.84 Å². The Morgan fingerprint density at radius 1 is 1.33 bits per heavy atom. The van der Waals surface area contributed by atoms with Crippen molar-refractivity contribution in [2.24, 2.45) is 10.8 Å². The van der Waals surface area contributed by atoms with Gasteiger partial charge in [0.2, 0.25) is 5.91 Å². The van der Waals surface area contributed by atoms with Gasteiger partial charge in [-0.3, -0.25) is 9.59 Å². The molecule has 1 saturated carbocycles. The maximum absolute atomic E-state index is 12.4. The quantitative estimate of drug-likeness (QED) is 0.799. The highest BCUT2D eigenvalue weighted by Gasteiger charge is 2.54. The SMILES string of the molecule is CCOCC1(C(=O)N2CCC(C)(C(=O)O)C2)CC1. The fourth-order valence-corrected chi connectivity index (χ4v) is 2.51. The molecular weight excluding hydrogens is 234 g/mol. The average Bonchev–Trinajstić information content (AvgIpc) is 3.02. The second-order valence-electron chi connectivity index (χ2n) is 5.76. The predicted octanol–water partition coefficient (Wildman–Crippen LogP) is 1.13. The summed E-state index contributed by atoms with van der Waals surface area (Å²) in [6, 6.07) is 0. The molecule has 2 fully saturated rings. The number of nitrogens with zero attached hydrogens (tertiary/aromatic N) is 1. The van der Waals surface area contributed by atoms with Crippen LogP contribution in [-0.2, 0) is 14.3 Å². The monoisotopic (exact) mass is 255 g/mol. The summed E-state index contributed by atoms with van der Waals surface area (Å²) in [5.41, 5.74) is -1.13. The van der Waals surface area contributed by atoms with Gasteiger partial charge >= 0.3 is 5.97 Å². The number of carboxylic acid groups (broad SMARTS) is 1. The summed E-state index contributed by atoms with van der Waals surface area (Å²) >= 11 is 0. The number of amides is 1. The molecule has 0 radical (unpaired) electrons. The molecule has 1 aliphatic carbocycles. The standard InChI is InChI=1S/C13H21NO4/c1-3-18-9-13(4-5-13)10(15)14-7-6-12(2,8-14)11(16)17/h3-9H2,1-2H3,(H,16,17). The highest BCUT2D eigenvalue weighted by atomic mass is 16.5. The van der Waals surface area contributed by atoms with Gasteiger partial charge in [-0.05, 0) is 33.1 Å². The van der Waals surface area contributed by atoms with Crippen molar-refractivity contribution in [3.05, 3.63) is 0 Å². The second-order valence-corrected chi connectivity index (χ2v) is 5.76. The number of rotatable bonds is 5. The molecule has 102 valence electrons. The molecule has 0 spiro atoms. The molecule has 0 bridgehead atoms. The third-order valence-corrected chi connectivity index (χ3v) is 4.17. The zero-order chi connectivity index (χ0) is 13.4. The first-order valence-electron chi connectivity index (χ1n) is 6.54. The van der Waals surface area contributed by atoms with Crippen molar-refractivity contribution in [3.8, 4) is 0 Å². The molecule has 0 aromatic carbocycles. The Bertz CT molecular complexity index is 364. The first-order chi connectivity index (χ1) is 8.43. The number of hydrogen-bond donors (Lipinski definition) is 1. The molecule has 2 aliphatic rings. The lowest BCUT2D eigenvalue weighted by molar-refractivity contribution is -0.148. The smallest absolute Gasteiger partial charge is 0.311 e. The maximum atomic E-state index is 12.4. The van der Waals surface area contributed by atoms with E-state index in [9.17, 15) is 9.59 Å². The van der Waals surface area contributed by atoms with Gasteiger partial charge in [0.1, 0.15) is 0 Å². The zero-order valence-corrected chi connectivity index (χ0v) is 11.1. The van der Waals surface area contributed by atoms with Crippen LogP contribution in [0.25, 0.3) is 0 Å². The van der Waals surface area contributed by atoms with Gasteiger partial charge in [0.25, 0.3) is 0 Å². The Morgan fingerprint density at radius 3 is 2.44 bits per heavy atom. The van der Waals surface area contributed by atoms with Crippen LogP contribution in [-0.4, -0.2) is 48.2 Å². The third-order valence-electron chi connectivity index (χ3n) is 4.17. The Kier molecular flexibility index (Phi) is 3.36. The zero-order valence-electron chi connectivity index (χ0n) is 11.1. The van der Waals surface area contributed by atoms with Crippen molar-refractivity contribution >= 4 is 11.9 Å². The van der Waals surface area contributed by atoms with E-state index >= 15 is 0 Å². The van der Waals surface area contributed by atoms with Gasteiger partial charge in [0, 0.05) is 19.7 Å². The van der Waals surface area contributed by atoms with E-state index in [1.807, 2.05) is 6.92 Å². The van der Waals surface area contributed by atoms with Crippen LogP contribution in [0.1, 0.15) is 33.1 Å². The molecule has 1 N–H and O–H groups in total. The van der Waals surface area contributed by atoms with Crippen molar-refractivity contribution in [2.75, 3.05) is 26.3 Å². The van der Waals surface area contributed by atoms with Gasteiger partial charge in [-0.25, -0.2) is 0 Å². The van der Waals surface area contributed by atoms with E-state index in [2.05, 4.69) is 0 Å².